The molecule has 0 aromatic carbocycles. The smallest absolute Gasteiger partial charge is 0.311 e. The van der Waals surface area contributed by atoms with Gasteiger partial charge in [0.25, 0.3) is 0 Å². The molecule has 0 radical (unpaired) electrons. The van der Waals surface area contributed by atoms with Crippen molar-refractivity contribution < 1.29 is 9.53 Å². The van der Waals surface area contributed by atoms with Crippen LogP contribution >= 0.6 is 0 Å². The number of nitrogens with zero attached hydrogens (tertiary/aromatic N) is 1. The number of hydrogen-bond acceptors (Lipinski definition) is 4. The van der Waals surface area contributed by atoms with Crippen LogP contribution in [0.3, 0.4) is 0 Å². The van der Waals surface area contributed by atoms with Crippen molar-refractivity contribution >= 4 is 5.97 Å². The fraction of sp³-hybridized carbons (Fsp3) is 0.929. The summed E-state index contributed by atoms with van der Waals surface area (Å²) in [5.74, 6) is -0.161. The summed E-state index contributed by atoms with van der Waals surface area (Å²) in [6.07, 6.45) is 0.793. The fourth-order valence-corrected chi connectivity index (χ4v) is 2.30. The maximum Gasteiger partial charge on any atom is 0.311 e. The van der Waals surface area contributed by atoms with Crippen LogP contribution in [-0.2, 0) is 9.53 Å². The van der Waals surface area contributed by atoms with Gasteiger partial charge < -0.3 is 15.4 Å². The van der Waals surface area contributed by atoms with E-state index in [-0.39, 0.29) is 24.0 Å². The topological polar surface area (TPSA) is 55.6 Å². The highest BCUT2D eigenvalue weighted by Crippen LogP contribution is 2.34. The lowest BCUT2D eigenvalue weighted by molar-refractivity contribution is -0.156. The zero-order chi connectivity index (χ0) is 14.6. The first-order valence-electron chi connectivity index (χ1n) is 6.51. The summed E-state index contributed by atoms with van der Waals surface area (Å²) < 4.78 is 5.32. The van der Waals surface area contributed by atoms with E-state index in [0.717, 1.165) is 6.42 Å². The third kappa shape index (κ3) is 7.67. The molecular weight excluding hydrogens is 228 g/mol. The van der Waals surface area contributed by atoms with E-state index in [1.54, 1.807) is 0 Å². The SMILES string of the molecule is CN(C)CC(N)COC(=O)C(C)(C)CC(C)(C)C. The Morgan fingerprint density at radius 3 is 2.11 bits per heavy atom. The van der Waals surface area contributed by atoms with Crippen molar-refractivity contribution in [2.75, 3.05) is 27.2 Å². The van der Waals surface area contributed by atoms with E-state index >= 15 is 0 Å². The Kier molecular flexibility index (Phi) is 6.30. The van der Waals surface area contributed by atoms with Crippen LogP contribution in [0.15, 0.2) is 0 Å². The Morgan fingerprint density at radius 1 is 1.22 bits per heavy atom. The predicted octanol–water partition coefficient (Wildman–Crippen LogP) is 1.88. The number of hydrogen-bond donors (Lipinski definition) is 1. The molecule has 0 saturated heterocycles. The van der Waals surface area contributed by atoms with Crippen molar-refractivity contribution in [3.05, 3.63) is 0 Å². The van der Waals surface area contributed by atoms with Crippen LogP contribution in [0.4, 0.5) is 0 Å². The molecule has 4 nitrogen and oxygen atoms in total. The number of ether oxygens (including phenoxy) is 1. The lowest BCUT2D eigenvalue weighted by Crippen LogP contribution is -2.40. The first-order valence-corrected chi connectivity index (χ1v) is 6.51. The lowest BCUT2D eigenvalue weighted by Gasteiger charge is -2.30. The van der Waals surface area contributed by atoms with Gasteiger partial charge in [0.15, 0.2) is 0 Å². The van der Waals surface area contributed by atoms with Crippen molar-refractivity contribution in [2.24, 2.45) is 16.6 Å². The maximum absolute atomic E-state index is 12.0. The molecule has 1 unspecified atom stereocenters. The zero-order valence-electron chi connectivity index (χ0n) is 13.0. The molecule has 0 aromatic heterocycles. The quantitative estimate of drug-likeness (QED) is 0.739. The molecule has 0 rings (SSSR count). The van der Waals surface area contributed by atoms with Crippen LogP contribution in [0, 0.1) is 10.8 Å². The minimum Gasteiger partial charge on any atom is -0.464 e. The van der Waals surface area contributed by atoms with Crippen LogP contribution in [0.1, 0.15) is 41.0 Å². The van der Waals surface area contributed by atoms with Crippen molar-refractivity contribution in [3.8, 4) is 0 Å². The van der Waals surface area contributed by atoms with E-state index in [1.807, 2.05) is 32.8 Å². The molecule has 18 heavy (non-hydrogen) atoms. The van der Waals surface area contributed by atoms with Crippen molar-refractivity contribution in [1.29, 1.82) is 0 Å². The highest BCUT2D eigenvalue weighted by atomic mass is 16.5. The molecule has 1 atom stereocenters. The standard InChI is InChI=1S/C14H30N2O2/c1-13(2,3)10-14(4,5)12(17)18-9-11(15)8-16(6)7/h11H,8-10,15H2,1-7H3. The van der Waals surface area contributed by atoms with Crippen LogP contribution in [-0.4, -0.2) is 44.2 Å². The molecule has 0 heterocycles. The van der Waals surface area contributed by atoms with E-state index in [0.29, 0.717) is 6.54 Å². The number of carbonyl (C=O) groups is 1. The van der Waals surface area contributed by atoms with Crippen molar-refractivity contribution in [1.82, 2.24) is 4.90 Å². The maximum atomic E-state index is 12.0. The normalized spacial score (nSPS) is 14.7. The fourth-order valence-electron chi connectivity index (χ4n) is 2.30. The van der Waals surface area contributed by atoms with E-state index < -0.39 is 5.41 Å². The minimum absolute atomic E-state index is 0.105. The number of nitrogens with two attached hydrogens (primary N) is 1. The van der Waals surface area contributed by atoms with Gasteiger partial charge >= 0.3 is 5.97 Å². The number of esters is 1. The predicted molar refractivity (Wildman–Crippen MR) is 75.3 cm³/mol. The van der Waals surface area contributed by atoms with Gasteiger partial charge in [0.05, 0.1) is 11.5 Å². The van der Waals surface area contributed by atoms with Crippen molar-refractivity contribution in [2.45, 2.75) is 47.1 Å². The van der Waals surface area contributed by atoms with Gasteiger partial charge in [-0.05, 0) is 39.8 Å². The molecule has 0 amide bonds. The summed E-state index contributed by atoms with van der Waals surface area (Å²) in [6.45, 7) is 11.2. The number of rotatable bonds is 6. The van der Waals surface area contributed by atoms with Gasteiger partial charge in [-0.25, -0.2) is 0 Å². The molecule has 108 valence electrons. The van der Waals surface area contributed by atoms with Gasteiger partial charge in [0.2, 0.25) is 0 Å². The molecule has 0 bridgehead atoms. The Hall–Kier alpha value is -0.610. The summed E-state index contributed by atoms with van der Waals surface area (Å²) in [5, 5.41) is 0. The minimum atomic E-state index is -0.462. The Bertz CT molecular complexity index is 267. The highest BCUT2D eigenvalue weighted by molar-refractivity contribution is 5.76. The number of carbonyl (C=O) groups excluding carboxylic acids is 1. The molecule has 0 fully saturated rings. The van der Waals surface area contributed by atoms with Gasteiger partial charge in [0.1, 0.15) is 6.61 Å². The molecule has 0 saturated carbocycles. The monoisotopic (exact) mass is 258 g/mol. The van der Waals surface area contributed by atoms with Crippen molar-refractivity contribution in [3.63, 3.8) is 0 Å². The summed E-state index contributed by atoms with van der Waals surface area (Å²) in [7, 11) is 3.90. The van der Waals surface area contributed by atoms with Gasteiger partial charge in [-0.2, -0.15) is 0 Å². The van der Waals surface area contributed by atoms with E-state index in [2.05, 4.69) is 20.8 Å². The highest BCUT2D eigenvalue weighted by Gasteiger charge is 2.34. The zero-order valence-corrected chi connectivity index (χ0v) is 13.0. The molecule has 0 aromatic rings. The van der Waals surface area contributed by atoms with Crippen LogP contribution in [0.2, 0.25) is 0 Å². The summed E-state index contributed by atoms with van der Waals surface area (Å²) in [6, 6.07) is -0.130. The third-order valence-electron chi connectivity index (χ3n) is 2.55. The van der Waals surface area contributed by atoms with Crippen LogP contribution in [0.25, 0.3) is 0 Å². The largest absolute Gasteiger partial charge is 0.464 e. The number of likely N-dealkylation sites (N-methyl/N-ethyl adjacent to an activating group) is 1. The average Bonchev–Trinajstić information content (AvgIpc) is 2.08. The second-order valence-electron chi connectivity index (χ2n) is 7.24. The molecule has 0 aliphatic heterocycles. The first-order chi connectivity index (χ1) is 7.94. The van der Waals surface area contributed by atoms with Crippen LogP contribution in [0.5, 0.6) is 0 Å². The Morgan fingerprint density at radius 2 is 1.72 bits per heavy atom. The summed E-state index contributed by atoms with van der Waals surface area (Å²) in [5.41, 5.74) is 5.52. The lowest BCUT2D eigenvalue weighted by atomic mass is 9.76. The van der Waals surface area contributed by atoms with Gasteiger partial charge in [-0.15, -0.1) is 0 Å². The summed E-state index contributed by atoms with van der Waals surface area (Å²) >= 11 is 0. The molecular formula is C14H30N2O2. The summed E-state index contributed by atoms with van der Waals surface area (Å²) in [4.78, 5) is 14.0. The molecule has 2 N–H and O–H groups in total. The Balaban J connectivity index is 4.23. The van der Waals surface area contributed by atoms with Gasteiger partial charge in [-0.1, -0.05) is 20.8 Å². The average molecular weight is 258 g/mol. The van der Waals surface area contributed by atoms with Crippen LogP contribution < -0.4 is 5.73 Å². The molecule has 0 aliphatic carbocycles. The third-order valence-corrected chi connectivity index (χ3v) is 2.55. The molecule has 0 aliphatic rings. The second-order valence-corrected chi connectivity index (χ2v) is 7.24. The molecule has 4 heteroatoms. The van der Waals surface area contributed by atoms with E-state index in [4.69, 9.17) is 10.5 Å². The van der Waals surface area contributed by atoms with Gasteiger partial charge in [0, 0.05) is 6.54 Å². The second kappa shape index (κ2) is 6.53. The van der Waals surface area contributed by atoms with E-state index in [9.17, 15) is 4.79 Å². The first kappa shape index (κ1) is 17.4. The Labute approximate surface area is 112 Å². The van der Waals surface area contributed by atoms with Gasteiger partial charge in [-0.3, -0.25) is 4.79 Å². The molecule has 0 spiro atoms. The van der Waals surface area contributed by atoms with E-state index in [1.165, 1.54) is 0 Å².